The zero-order chi connectivity index (χ0) is 18.4. The Kier molecular flexibility index (Phi) is 6.27. The Bertz CT molecular complexity index is 559. The zero-order valence-electron chi connectivity index (χ0n) is 13.0. The Hall–Kier alpha value is -2.64. The summed E-state index contributed by atoms with van der Waals surface area (Å²) >= 11 is 0. The van der Waals surface area contributed by atoms with Crippen molar-refractivity contribution in [3.8, 4) is 0 Å². The highest BCUT2D eigenvalue weighted by atomic mass is 16.4. The molecule has 0 unspecified atom stereocenters. The molecule has 8 heteroatoms. The van der Waals surface area contributed by atoms with Gasteiger partial charge in [-0.25, -0.2) is 0 Å². The van der Waals surface area contributed by atoms with Gasteiger partial charge in [-0.1, -0.05) is 43.6 Å². The number of carboxylic acids is 4. The maximum absolute atomic E-state index is 11.8. The van der Waals surface area contributed by atoms with Gasteiger partial charge in [0.1, 0.15) is 0 Å². The van der Waals surface area contributed by atoms with Gasteiger partial charge in [0.25, 0.3) is 0 Å². The van der Waals surface area contributed by atoms with E-state index in [-0.39, 0.29) is 6.42 Å². The van der Waals surface area contributed by atoms with Crippen LogP contribution in [0.3, 0.4) is 0 Å². The van der Waals surface area contributed by atoms with E-state index in [9.17, 15) is 39.6 Å². The van der Waals surface area contributed by atoms with Crippen LogP contribution in [0.5, 0.6) is 0 Å². The van der Waals surface area contributed by atoms with Crippen molar-refractivity contribution < 1.29 is 39.6 Å². The van der Waals surface area contributed by atoms with Gasteiger partial charge in [-0.05, 0) is 19.3 Å². The molecule has 0 aromatic rings. The molecule has 0 fully saturated rings. The molecule has 4 N–H and O–H groups in total. The summed E-state index contributed by atoms with van der Waals surface area (Å²) in [6.07, 6.45) is 7.05. The first-order chi connectivity index (χ1) is 11.2. The first-order valence-electron chi connectivity index (χ1n) is 7.51. The third-order valence-corrected chi connectivity index (χ3v) is 4.34. The Morgan fingerprint density at radius 2 is 1.25 bits per heavy atom. The van der Waals surface area contributed by atoms with Crippen LogP contribution in [0.15, 0.2) is 24.3 Å². The monoisotopic (exact) mass is 340 g/mol. The average Bonchev–Trinajstić information content (AvgIpc) is 2.46. The van der Waals surface area contributed by atoms with Gasteiger partial charge in [0.2, 0.25) is 5.41 Å². The normalized spacial score (nSPS) is 23.0. The van der Waals surface area contributed by atoms with Crippen molar-refractivity contribution in [2.24, 2.45) is 10.8 Å². The Morgan fingerprint density at radius 1 is 0.708 bits per heavy atom. The smallest absolute Gasteiger partial charge is 0.326 e. The van der Waals surface area contributed by atoms with Gasteiger partial charge in [0.15, 0.2) is 5.41 Å². The van der Waals surface area contributed by atoms with Gasteiger partial charge in [0, 0.05) is 0 Å². The highest BCUT2D eigenvalue weighted by Crippen LogP contribution is 2.47. The van der Waals surface area contributed by atoms with E-state index in [1.54, 1.807) is 6.08 Å². The molecule has 0 aromatic carbocycles. The van der Waals surface area contributed by atoms with Crippen molar-refractivity contribution in [2.45, 2.75) is 38.5 Å². The molecule has 0 aliphatic heterocycles. The van der Waals surface area contributed by atoms with Crippen molar-refractivity contribution in [3.05, 3.63) is 24.3 Å². The molecule has 0 saturated carbocycles. The van der Waals surface area contributed by atoms with Gasteiger partial charge in [-0.2, -0.15) is 0 Å². The molecule has 0 spiro atoms. The molecule has 0 saturated heterocycles. The van der Waals surface area contributed by atoms with Crippen molar-refractivity contribution in [1.29, 1.82) is 0 Å². The Morgan fingerprint density at radius 3 is 1.75 bits per heavy atom. The number of allylic oxidation sites excluding steroid dienone is 3. The minimum Gasteiger partial charge on any atom is -0.480 e. The van der Waals surface area contributed by atoms with Crippen LogP contribution in [-0.2, 0) is 19.2 Å². The number of rotatable bonds is 4. The number of aliphatic carboxylic acids is 4. The fourth-order valence-electron chi connectivity index (χ4n) is 2.96. The topological polar surface area (TPSA) is 149 Å². The zero-order valence-corrected chi connectivity index (χ0v) is 13.0. The van der Waals surface area contributed by atoms with Gasteiger partial charge >= 0.3 is 23.9 Å². The van der Waals surface area contributed by atoms with Crippen molar-refractivity contribution in [3.63, 3.8) is 0 Å². The third-order valence-electron chi connectivity index (χ3n) is 4.34. The highest BCUT2D eigenvalue weighted by molar-refractivity contribution is 6.14. The number of hydrogen-bond donors (Lipinski definition) is 4. The van der Waals surface area contributed by atoms with Gasteiger partial charge < -0.3 is 20.4 Å². The van der Waals surface area contributed by atoms with Gasteiger partial charge in [0.05, 0.1) is 0 Å². The third kappa shape index (κ3) is 3.17. The maximum Gasteiger partial charge on any atom is 0.326 e. The fraction of sp³-hybridized carbons (Fsp3) is 0.500. The summed E-state index contributed by atoms with van der Waals surface area (Å²) < 4.78 is 0. The molecule has 0 radical (unpaired) electrons. The molecule has 0 atom stereocenters. The lowest BCUT2D eigenvalue weighted by atomic mass is 9.60. The van der Waals surface area contributed by atoms with E-state index in [1.807, 2.05) is 0 Å². The minimum atomic E-state index is -3.12. The lowest BCUT2D eigenvalue weighted by molar-refractivity contribution is -0.191. The second-order valence-electron chi connectivity index (χ2n) is 5.67. The van der Waals surface area contributed by atoms with Crippen LogP contribution in [0, 0.1) is 10.8 Å². The number of carboxylic acid groups (broad SMARTS) is 4. The van der Waals surface area contributed by atoms with E-state index in [4.69, 9.17) is 0 Å². The van der Waals surface area contributed by atoms with E-state index in [1.165, 1.54) is 6.08 Å². The summed E-state index contributed by atoms with van der Waals surface area (Å²) in [7, 11) is 0. The highest BCUT2D eigenvalue weighted by Gasteiger charge is 2.69. The average molecular weight is 340 g/mol. The summed E-state index contributed by atoms with van der Waals surface area (Å²) in [5, 5.41) is 38.1. The molecule has 0 heterocycles. The number of hydrogen-bond acceptors (Lipinski definition) is 4. The molecule has 1 rings (SSSR count). The van der Waals surface area contributed by atoms with Gasteiger partial charge in [-0.15, -0.1) is 0 Å². The number of carbonyl (C=O) groups is 4. The van der Waals surface area contributed by atoms with Crippen LogP contribution < -0.4 is 0 Å². The molecule has 0 aromatic heterocycles. The molecular weight excluding hydrogens is 320 g/mol. The Labute approximate surface area is 138 Å². The summed E-state index contributed by atoms with van der Waals surface area (Å²) in [5.41, 5.74) is -6.12. The predicted molar refractivity (Wildman–Crippen MR) is 81.4 cm³/mol. The van der Waals surface area contributed by atoms with Gasteiger partial charge in [-0.3, -0.25) is 19.2 Å². The first-order valence-corrected chi connectivity index (χ1v) is 7.51. The Balaban J connectivity index is 3.72. The largest absolute Gasteiger partial charge is 0.480 e. The van der Waals surface area contributed by atoms with E-state index >= 15 is 0 Å². The van der Waals surface area contributed by atoms with Crippen LogP contribution in [0.1, 0.15) is 38.5 Å². The molecule has 0 amide bonds. The summed E-state index contributed by atoms with van der Waals surface area (Å²) in [4.78, 5) is 47.2. The molecule has 8 nitrogen and oxygen atoms in total. The van der Waals surface area contributed by atoms with Crippen LogP contribution in [-0.4, -0.2) is 44.3 Å². The van der Waals surface area contributed by atoms with Crippen LogP contribution in [0.2, 0.25) is 0 Å². The SMILES string of the molecule is O=C(O)C1(C(=O)O)/C=C\C=C\CCCCCCC1(C(=O)O)C(=O)O. The van der Waals surface area contributed by atoms with E-state index in [0.717, 1.165) is 12.5 Å². The molecular formula is C16H20O8. The van der Waals surface area contributed by atoms with Crippen LogP contribution in [0.25, 0.3) is 0 Å². The second-order valence-corrected chi connectivity index (χ2v) is 5.67. The van der Waals surface area contributed by atoms with Crippen LogP contribution >= 0.6 is 0 Å². The lowest BCUT2D eigenvalue weighted by Crippen LogP contribution is -2.60. The van der Waals surface area contributed by atoms with E-state index in [2.05, 4.69) is 0 Å². The van der Waals surface area contributed by atoms with Crippen LogP contribution in [0.4, 0.5) is 0 Å². The molecule has 1 aliphatic rings. The standard InChI is InChI=1S/C16H20O8/c17-11(18)15(12(19)20)9-7-5-3-1-2-4-6-8-10-16(15,13(21)22)14(23)24/h3,5,7,9H,1-2,4,6,8,10H2,(H,17,18)(H,19,20)(H,21,22)(H,23,24)/b5-3+,9-7-. The molecule has 24 heavy (non-hydrogen) atoms. The molecule has 1 aliphatic carbocycles. The van der Waals surface area contributed by atoms with E-state index < -0.39 is 41.1 Å². The predicted octanol–water partition coefficient (Wildman–Crippen LogP) is 1.76. The summed E-state index contributed by atoms with van der Waals surface area (Å²) in [6.45, 7) is 0. The molecule has 132 valence electrons. The van der Waals surface area contributed by atoms with E-state index in [0.29, 0.717) is 25.3 Å². The molecule has 0 bridgehead atoms. The summed E-state index contributed by atoms with van der Waals surface area (Å²) in [5.74, 6) is -8.01. The fourth-order valence-corrected chi connectivity index (χ4v) is 2.96. The van der Waals surface area contributed by atoms with Crippen molar-refractivity contribution in [1.82, 2.24) is 0 Å². The lowest BCUT2D eigenvalue weighted by Gasteiger charge is -2.37. The van der Waals surface area contributed by atoms with Crippen molar-refractivity contribution in [2.75, 3.05) is 0 Å². The first kappa shape index (κ1) is 19.4. The summed E-state index contributed by atoms with van der Waals surface area (Å²) in [6, 6.07) is 0. The maximum atomic E-state index is 11.8. The van der Waals surface area contributed by atoms with Crippen molar-refractivity contribution >= 4 is 23.9 Å². The second kappa shape index (κ2) is 7.76. The quantitative estimate of drug-likeness (QED) is 0.565. The minimum absolute atomic E-state index is 0.0957.